The molecular formula is C13H17FN2O3. The Labute approximate surface area is 110 Å². The third kappa shape index (κ3) is 3.90. The van der Waals surface area contributed by atoms with Crippen molar-refractivity contribution >= 4 is 5.91 Å². The summed E-state index contributed by atoms with van der Waals surface area (Å²) in [6, 6.07) is 5.69. The molecule has 1 aliphatic rings. The zero-order valence-corrected chi connectivity index (χ0v) is 10.5. The number of ether oxygens (including phenoxy) is 2. The van der Waals surface area contributed by atoms with E-state index in [-0.39, 0.29) is 18.8 Å². The quantitative estimate of drug-likeness (QED) is 0.812. The summed E-state index contributed by atoms with van der Waals surface area (Å²) < 4.78 is 24.0. The minimum atomic E-state index is -0.752. The van der Waals surface area contributed by atoms with Gasteiger partial charge in [0.25, 0.3) is 0 Å². The molecule has 1 heterocycles. The molecule has 6 heteroatoms. The summed E-state index contributed by atoms with van der Waals surface area (Å²) >= 11 is 0. The summed E-state index contributed by atoms with van der Waals surface area (Å²) in [5.74, 6) is -0.236. The Kier molecular flexibility index (Phi) is 4.34. The predicted octanol–water partition coefficient (Wildman–Crippen LogP) is 0.438. The van der Waals surface area contributed by atoms with Crippen LogP contribution >= 0.6 is 0 Å². The Morgan fingerprint density at radius 2 is 2.21 bits per heavy atom. The van der Waals surface area contributed by atoms with Gasteiger partial charge >= 0.3 is 0 Å². The third-order valence-electron chi connectivity index (χ3n) is 2.95. The number of hydrogen-bond acceptors (Lipinski definition) is 4. The zero-order chi connectivity index (χ0) is 13.7. The Bertz CT molecular complexity index is 430. The van der Waals surface area contributed by atoms with Gasteiger partial charge in [-0.3, -0.25) is 4.79 Å². The number of carbonyl (C=O) groups is 1. The molecule has 0 unspecified atom stereocenters. The topological polar surface area (TPSA) is 73.6 Å². The number of nitrogens with two attached hydrogens (primary N) is 1. The summed E-state index contributed by atoms with van der Waals surface area (Å²) in [5.41, 5.74) is 4.49. The number of hydrogen-bond donors (Lipinski definition) is 2. The number of halogens is 1. The summed E-state index contributed by atoms with van der Waals surface area (Å²) in [6.45, 7) is 1.92. The van der Waals surface area contributed by atoms with Crippen molar-refractivity contribution in [3.05, 3.63) is 30.1 Å². The molecular weight excluding hydrogens is 251 g/mol. The molecule has 5 nitrogen and oxygen atoms in total. The highest BCUT2D eigenvalue weighted by Crippen LogP contribution is 2.21. The van der Waals surface area contributed by atoms with E-state index in [1.807, 2.05) is 0 Å². The first kappa shape index (κ1) is 13.8. The lowest BCUT2D eigenvalue weighted by atomic mass is 9.98. The molecule has 1 amide bonds. The minimum absolute atomic E-state index is 0.0845. The van der Waals surface area contributed by atoms with Gasteiger partial charge in [-0.25, -0.2) is 4.39 Å². The van der Waals surface area contributed by atoms with Crippen molar-refractivity contribution in [1.82, 2.24) is 5.32 Å². The molecule has 1 saturated heterocycles. The van der Waals surface area contributed by atoms with E-state index < -0.39 is 11.5 Å². The molecule has 0 aliphatic carbocycles. The standard InChI is InChI=1S/C13H17FN2O3/c14-10-1-3-11(4-2-10)18-9-13(7-12(15)17)8-16-5-6-19-13/h1-4,16H,5-9H2,(H2,15,17)/t13-/m0/s1. The van der Waals surface area contributed by atoms with Crippen LogP contribution in [0.1, 0.15) is 6.42 Å². The number of carbonyl (C=O) groups excluding carboxylic acids is 1. The highest BCUT2D eigenvalue weighted by atomic mass is 19.1. The number of amides is 1. The fraction of sp³-hybridized carbons (Fsp3) is 0.462. The molecule has 0 bridgehead atoms. The normalized spacial score (nSPS) is 23.0. The maximum Gasteiger partial charge on any atom is 0.220 e. The summed E-state index contributed by atoms with van der Waals surface area (Å²) in [7, 11) is 0. The van der Waals surface area contributed by atoms with E-state index in [2.05, 4.69) is 5.32 Å². The van der Waals surface area contributed by atoms with Crippen molar-refractivity contribution in [3.8, 4) is 5.75 Å². The summed E-state index contributed by atoms with van der Waals surface area (Å²) in [5, 5.41) is 3.15. The van der Waals surface area contributed by atoms with Crippen LogP contribution in [0.15, 0.2) is 24.3 Å². The molecule has 1 atom stereocenters. The number of rotatable bonds is 5. The fourth-order valence-corrected chi connectivity index (χ4v) is 2.03. The van der Waals surface area contributed by atoms with Crippen molar-refractivity contribution in [2.24, 2.45) is 5.73 Å². The first-order valence-electron chi connectivity index (χ1n) is 6.11. The second-order valence-corrected chi connectivity index (χ2v) is 4.59. The molecule has 104 valence electrons. The van der Waals surface area contributed by atoms with Crippen LogP contribution in [-0.4, -0.2) is 37.8 Å². The van der Waals surface area contributed by atoms with Crippen molar-refractivity contribution < 1.29 is 18.7 Å². The average Bonchev–Trinajstić information content (AvgIpc) is 2.38. The molecule has 19 heavy (non-hydrogen) atoms. The van der Waals surface area contributed by atoms with Gasteiger partial charge in [-0.1, -0.05) is 0 Å². The van der Waals surface area contributed by atoms with E-state index in [0.29, 0.717) is 18.9 Å². The molecule has 2 rings (SSSR count). The van der Waals surface area contributed by atoms with Crippen LogP contribution in [0.5, 0.6) is 5.75 Å². The number of primary amides is 1. The van der Waals surface area contributed by atoms with Gasteiger partial charge in [-0.2, -0.15) is 0 Å². The van der Waals surface area contributed by atoms with Gasteiger partial charge in [0.15, 0.2) is 0 Å². The number of nitrogens with one attached hydrogen (secondary N) is 1. The van der Waals surface area contributed by atoms with Gasteiger partial charge in [0.2, 0.25) is 5.91 Å². The third-order valence-corrected chi connectivity index (χ3v) is 2.95. The Hall–Kier alpha value is -1.66. The maximum absolute atomic E-state index is 12.8. The Morgan fingerprint density at radius 3 is 2.79 bits per heavy atom. The van der Waals surface area contributed by atoms with E-state index in [1.54, 1.807) is 0 Å². The molecule has 0 spiro atoms. The van der Waals surface area contributed by atoms with Gasteiger partial charge < -0.3 is 20.5 Å². The minimum Gasteiger partial charge on any atom is -0.491 e. The molecule has 0 saturated carbocycles. The first-order valence-corrected chi connectivity index (χ1v) is 6.11. The van der Waals surface area contributed by atoms with Crippen molar-refractivity contribution in [2.75, 3.05) is 26.3 Å². The monoisotopic (exact) mass is 268 g/mol. The molecule has 0 radical (unpaired) electrons. The fourth-order valence-electron chi connectivity index (χ4n) is 2.03. The molecule has 1 aliphatic heterocycles. The van der Waals surface area contributed by atoms with Crippen LogP contribution in [0.3, 0.4) is 0 Å². The van der Waals surface area contributed by atoms with Crippen LogP contribution in [-0.2, 0) is 9.53 Å². The average molecular weight is 268 g/mol. The smallest absolute Gasteiger partial charge is 0.220 e. The van der Waals surface area contributed by atoms with Gasteiger partial charge in [0.1, 0.15) is 23.8 Å². The Balaban J connectivity index is 1.99. The first-order chi connectivity index (χ1) is 9.10. The van der Waals surface area contributed by atoms with Crippen LogP contribution < -0.4 is 15.8 Å². The zero-order valence-electron chi connectivity index (χ0n) is 10.5. The molecule has 1 fully saturated rings. The lowest BCUT2D eigenvalue weighted by Crippen LogP contribution is -2.55. The van der Waals surface area contributed by atoms with Gasteiger partial charge in [0, 0.05) is 13.1 Å². The second kappa shape index (κ2) is 5.99. The highest BCUT2D eigenvalue weighted by molar-refractivity contribution is 5.75. The largest absolute Gasteiger partial charge is 0.491 e. The van der Waals surface area contributed by atoms with Crippen LogP contribution in [0.25, 0.3) is 0 Å². The van der Waals surface area contributed by atoms with Crippen LogP contribution in [0.2, 0.25) is 0 Å². The van der Waals surface area contributed by atoms with Gasteiger partial charge in [0.05, 0.1) is 13.0 Å². The summed E-state index contributed by atoms with van der Waals surface area (Å²) in [4.78, 5) is 11.1. The highest BCUT2D eigenvalue weighted by Gasteiger charge is 2.36. The summed E-state index contributed by atoms with van der Waals surface area (Å²) in [6.07, 6.45) is 0.0845. The van der Waals surface area contributed by atoms with E-state index in [0.717, 1.165) is 6.54 Å². The lowest BCUT2D eigenvalue weighted by Gasteiger charge is -2.36. The molecule has 1 aromatic carbocycles. The maximum atomic E-state index is 12.8. The predicted molar refractivity (Wildman–Crippen MR) is 67.3 cm³/mol. The van der Waals surface area contributed by atoms with Gasteiger partial charge in [-0.05, 0) is 24.3 Å². The molecule has 3 N–H and O–H groups in total. The van der Waals surface area contributed by atoms with E-state index in [1.165, 1.54) is 24.3 Å². The SMILES string of the molecule is NC(=O)C[C@@]1(COc2ccc(F)cc2)CNCCO1. The van der Waals surface area contributed by atoms with Crippen LogP contribution in [0.4, 0.5) is 4.39 Å². The van der Waals surface area contributed by atoms with E-state index >= 15 is 0 Å². The second-order valence-electron chi connectivity index (χ2n) is 4.59. The molecule has 0 aromatic heterocycles. The lowest BCUT2D eigenvalue weighted by molar-refractivity contribution is -0.133. The van der Waals surface area contributed by atoms with Crippen molar-refractivity contribution in [1.29, 1.82) is 0 Å². The number of benzene rings is 1. The Morgan fingerprint density at radius 1 is 1.47 bits per heavy atom. The van der Waals surface area contributed by atoms with E-state index in [4.69, 9.17) is 15.2 Å². The van der Waals surface area contributed by atoms with Crippen LogP contribution in [0, 0.1) is 5.82 Å². The van der Waals surface area contributed by atoms with Crippen molar-refractivity contribution in [3.63, 3.8) is 0 Å². The number of morpholine rings is 1. The molecule has 1 aromatic rings. The van der Waals surface area contributed by atoms with Gasteiger partial charge in [-0.15, -0.1) is 0 Å². The van der Waals surface area contributed by atoms with E-state index in [9.17, 15) is 9.18 Å². The van der Waals surface area contributed by atoms with Crippen molar-refractivity contribution in [2.45, 2.75) is 12.0 Å².